The molecule has 6 heteroatoms. The summed E-state index contributed by atoms with van der Waals surface area (Å²) in [4.78, 5) is 34.4. The Morgan fingerprint density at radius 1 is 0.794 bits per heavy atom. The van der Waals surface area contributed by atoms with Gasteiger partial charge in [-0.2, -0.15) is 0 Å². The van der Waals surface area contributed by atoms with Crippen molar-refractivity contribution >= 4 is 27.7 Å². The Labute approximate surface area is 207 Å². The highest BCUT2D eigenvalue weighted by Crippen LogP contribution is 2.30. The van der Waals surface area contributed by atoms with Crippen LogP contribution in [0.2, 0.25) is 0 Å². The lowest BCUT2D eigenvalue weighted by atomic mass is 9.87. The number of nitrogens with zero attached hydrogens (tertiary/aromatic N) is 2. The SMILES string of the molecule is O=C1c2ccccc2C(=O)N1CCc1cnc(CCC(c2ccccc2)c2ccc(Br)cc2)[nH]1. The first-order valence-electron chi connectivity index (χ1n) is 11.4. The van der Waals surface area contributed by atoms with Crippen LogP contribution in [0.15, 0.2) is 89.5 Å². The van der Waals surface area contributed by atoms with Crippen LogP contribution in [0.3, 0.4) is 0 Å². The fraction of sp³-hybridized carbons (Fsp3) is 0.179. The first kappa shape index (κ1) is 22.3. The Bertz CT molecular complexity index is 1280. The van der Waals surface area contributed by atoms with Crippen LogP contribution in [0.5, 0.6) is 0 Å². The van der Waals surface area contributed by atoms with Gasteiger partial charge in [-0.05, 0) is 41.8 Å². The number of nitrogens with one attached hydrogen (secondary N) is 1. The van der Waals surface area contributed by atoms with Crippen LogP contribution in [0, 0.1) is 0 Å². The van der Waals surface area contributed by atoms with Crippen LogP contribution in [-0.4, -0.2) is 33.2 Å². The Hall–Kier alpha value is -3.51. The molecule has 1 N–H and O–H groups in total. The molecule has 170 valence electrons. The zero-order chi connectivity index (χ0) is 23.5. The summed E-state index contributed by atoms with van der Waals surface area (Å²) >= 11 is 3.52. The lowest BCUT2D eigenvalue weighted by Gasteiger charge is -2.18. The molecule has 2 amide bonds. The van der Waals surface area contributed by atoms with Gasteiger partial charge in [0.15, 0.2) is 0 Å². The third-order valence-corrected chi connectivity index (χ3v) is 6.84. The highest BCUT2D eigenvalue weighted by Gasteiger charge is 2.34. The second kappa shape index (κ2) is 9.77. The minimum atomic E-state index is -0.222. The number of hydrogen-bond acceptors (Lipinski definition) is 3. The highest BCUT2D eigenvalue weighted by atomic mass is 79.9. The first-order chi connectivity index (χ1) is 16.6. The standard InChI is InChI=1S/C28H24BrN3O2/c29-21-12-10-20(11-13-21)23(19-6-2-1-3-7-19)14-15-26-30-18-22(31-26)16-17-32-27(33)24-8-4-5-9-25(24)28(32)34/h1-13,18,23H,14-17H2,(H,30,31). The molecule has 4 aromatic rings. The van der Waals surface area contributed by atoms with E-state index in [4.69, 9.17) is 0 Å². The molecule has 1 aliphatic rings. The van der Waals surface area contributed by atoms with E-state index in [0.29, 0.717) is 24.1 Å². The number of H-pyrrole nitrogens is 1. The lowest BCUT2D eigenvalue weighted by molar-refractivity contribution is 0.0656. The average Bonchev–Trinajstić information content (AvgIpc) is 3.42. The predicted octanol–water partition coefficient (Wildman–Crippen LogP) is 5.78. The van der Waals surface area contributed by atoms with Crippen molar-refractivity contribution in [3.63, 3.8) is 0 Å². The molecule has 2 heterocycles. The molecule has 1 aromatic heterocycles. The minimum Gasteiger partial charge on any atom is -0.346 e. The molecular formula is C28H24BrN3O2. The van der Waals surface area contributed by atoms with Gasteiger partial charge in [0.2, 0.25) is 0 Å². The second-order valence-corrected chi connectivity index (χ2v) is 9.38. The number of amides is 2. The van der Waals surface area contributed by atoms with Gasteiger partial charge in [-0.25, -0.2) is 4.98 Å². The van der Waals surface area contributed by atoms with Crippen LogP contribution in [-0.2, 0) is 12.8 Å². The normalized spacial score (nSPS) is 13.9. The van der Waals surface area contributed by atoms with E-state index in [-0.39, 0.29) is 17.7 Å². The van der Waals surface area contributed by atoms with Crippen molar-refractivity contribution in [3.8, 4) is 0 Å². The van der Waals surface area contributed by atoms with E-state index in [1.807, 2.05) is 12.3 Å². The van der Waals surface area contributed by atoms with Crippen molar-refractivity contribution in [2.24, 2.45) is 0 Å². The Morgan fingerprint density at radius 2 is 1.41 bits per heavy atom. The number of carbonyl (C=O) groups excluding carboxylic acids is 2. The molecule has 1 aliphatic heterocycles. The number of aromatic amines is 1. The molecule has 5 rings (SSSR count). The Morgan fingerprint density at radius 3 is 2.09 bits per heavy atom. The number of imide groups is 1. The molecule has 5 nitrogen and oxygen atoms in total. The number of fused-ring (bicyclic) bond motifs is 1. The fourth-order valence-corrected chi connectivity index (χ4v) is 4.79. The predicted molar refractivity (Wildman–Crippen MR) is 135 cm³/mol. The smallest absolute Gasteiger partial charge is 0.261 e. The summed E-state index contributed by atoms with van der Waals surface area (Å²) in [5.41, 5.74) is 4.44. The molecule has 1 atom stereocenters. The Balaban J connectivity index is 1.24. The number of imidazole rings is 1. The third kappa shape index (κ3) is 4.59. The first-order valence-corrected chi connectivity index (χ1v) is 12.2. The number of aromatic nitrogens is 2. The van der Waals surface area contributed by atoms with E-state index in [0.717, 1.165) is 28.8 Å². The van der Waals surface area contributed by atoms with Gasteiger partial charge >= 0.3 is 0 Å². The van der Waals surface area contributed by atoms with Gasteiger partial charge in [-0.15, -0.1) is 0 Å². The van der Waals surface area contributed by atoms with Crippen LogP contribution >= 0.6 is 15.9 Å². The average molecular weight is 514 g/mol. The number of benzene rings is 3. The van der Waals surface area contributed by atoms with Crippen molar-refractivity contribution in [2.45, 2.75) is 25.2 Å². The summed E-state index contributed by atoms with van der Waals surface area (Å²) in [7, 11) is 0. The topological polar surface area (TPSA) is 66.1 Å². The molecule has 0 bridgehead atoms. The van der Waals surface area contributed by atoms with E-state index in [9.17, 15) is 9.59 Å². The van der Waals surface area contributed by atoms with Crippen molar-refractivity contribution in [1.29, 1.82) is 0 Å². The summed E-state index contributed by atoms with van der Waals surface area (Å²) in [6.45, 7) is 0.333. The van der Waals surface area contributed by atoms with Crippen molar-refractivity contribution < 1.29 is 9.59 Å². The maximum atomic E-state index is 12.6. The van der Waals surface area contributed by atoms with Crippen LogP contribution < -0.4 is 0 Å². The van der Waals surface area contributed by atoms with E-state index >= 15 is 0 Å². The number of halogens is 1. The van der Waals surface area contributed by atoms with Gasteiger partial charge < -0.3 is 4.98 Å². The molecule has 1 unspecified atom stereocenters. The zero-order valence-corrected chi connectivity index (χ0v) is 20.2. The van der Waals surface area contributed by atoms with Gasteiger partial charge in [0.1, 0.15) is 5.82 Å². The van der Waals surface area contributed by atoms with Gasteiger partial charge in [-0.1, -0.05) is 70.5 Å². The van der Waals surface area contributed by atoms with E-state index < -0.39 is 0 Å². The second-order valence-electron chi connectivity index (χ2n) is 8.47. The molecule has 0 aliphatic carbocycles. The van der Waals surface area contributed by atoms with Gasteiger partial charge in [0.05, 0.1) is 11.1 Å². The van der Waals surface area contributed by atoms with E-state index in [1.54, 1.807) is 24.3 Å². The van der Waals surface area contributed by atoms with E-state index in [2.05, 4.69) is 74.4 Å². The number of hydrogen-bond donors (Lipinski definition) is 1. The van der Waals surface area contributed by atoms with Crippen LogP contribution in [0.25, 0.3) is 0 Å². The zero-order valence-electron chi connectivity index (χ0n) is 18.6. The third-order valence-electron chi connectivity index (χ3n) is 6.31. The monoisotopic (exact) mass is 513 g/mol. The van der Waals surface area contributed by atoms with Crippen LogP contribution in [0.1, 0.15) is 55.7 Å². The molecule has 0 spiro atoms. The molecule has 0 radical (unpaired) electrons. The molecule has 0 saturated carbocycles. The number of carbonyl (C=O) groups is 2. The van der Waals surface area contributed by atoms with Gasteiger partial charge in [0.25, 0.3) is 11.8 Å². The Kier molecular flexibility index (Phi) is 6.41. The summed E-state index contributed by atoms with van der Waals surface area (Å²) in [6, 6.07) is 26.0. The largest absolute Gasteiger partial charge is 0.346 e. The summed E-state index contributed by atoms with van der Waals surface area (Å²) in [5, 5.41) is 0. The summed E-state index contributed by atoms with van der Waals surface area (Å²) in [5.74, 6) is 0.734. The maximum Gasteiger partial charge on any atom is 0.261 e. The molecule has 3 aromatic carbocycles. The number of rotatable bonds is 8. The fourth-order valence-electron chi connectivity index (χ4n) is 4.52. The summed E-state index contributed by atoms with van der Waals surface area (Å²) < 4.78 is 1.07. The maximum absolute atomic E-state index is 12.6. The molecular weight excluding hydrogens is 490 g/mol. The van der Waals surface area contributed by atoms with Crippen molar-refractivity contribution in [1.82, 2.24) is 14.9 Å². The quantitative estimate of drug-likeness (QED) is 0.304. The van der Waals surface area contributed by atoms with Crippen LogP contribution in [0.4, 0.5) is 0 Å². The molecule has 0 saturated heterocycles. The molecule has 34 heavy (non-hydrogen) atoms. The van der Waals surface area contributed by atoms with Gasteiger partial charge in [0, 0.05) is 41.7 Å². The molecule has 0 fully saturated rings. The summed E-state index contributed by atoms with van der Waals surface area (Å²) in [6.07, 6.45) is 4.07. The minimum absolute atomic E-state index is 0.222. The number of aryl methyl sites for hydroxylation is 1. The highest BCUT2D eigenvalue weighted by molar-refractivity contribution is 9.10. The van der Waals surface area contributed by atoms with Gasteiger partial charge in [-0.3, -0.25) is 14.5 Å². The lowest BCUT2D eigenvalue weighted by Crippen LogP contribution is -2.31. The van der Waals surface area contributed by atoms with E-state index in [1.165, 1.54) is 16.0 Å². The van der Waals surface area contributed by atoms with Crippen molar-refractivity contribution in [3.05, 3.63) is 123 Å². The van der Waals surface area contributed by atoms with Crippen molar-refractivity contribution in [2.75, 3.05) is 6.54 Å².